The Bertz CT molecular complexity index is 400. The third-order valence-corrected chi connectivity index (χ3v) is 3.38. The SMILES string of the molecule is CC(O)c1ccc(F)cc1OCCCC1CCCO1. The molecule has 2 atom stereocenters. The molecule has 1 saturated heterocycles. The number of rotatable bonds is 6. The predicted octanol–water partition coefficient (Wildman–Crippen LogP) is 3.22. The molecule has 106 valence electrons. The zero-order chi connectivity index (χ0) is 13.7. The minimum atomic E-state index is -0.659. The molecule has 4 heteroatoms. The van der Waals surface area contributed by atoms with E-state index >= 15 is 0 Å². The van der Waals surface area contributed by atoms with Crippen LogP contribution in [-0.2, 0) is 4.74 Å². The van der Waals surface area contributed by atoms with Crippen LogP contribution < -0.4 is 4.74 Å². The summed E-state index contributed by atoms with van der Waals surface area (Å²) < 4.78 is 24.3. The minimum absolute atomic E-state index is 0.349. The molecule has 2 rings (SSSR count). The lowest BCUT2D eigenvalue weighted by molar-refractivity contribution is 0.0978. The molecule has 0 aliphatic carbocycles. The summed E-state index contributed by atoms with van der Waals surface area (Å²) in [6.07, 6.45) is 3.81. The van der Waals surface area contributed by atoms with Gasteiger partial charge in [0, 0.05) is 18.2 Å². The third-order valence-electron chi connectivity index (χ3n) is 3.38. The molecule has 19 heavy (non-hydrogen) atoms. The van der Waals surface area contributed by atoms with Crippen molar-refractivity contribution in [3.63, 3.8) is 0 Å². The van der Waals surface area contributed by atoms with E-state index in [1.165, 1.54) is 12.1 Å². The number of hydrogen-bond acceptors (Lipinski definition) is 3. The summed E-state index contributed by atoms with van der Waals surface area (Å²) in [5.41, 5.74) is 0.624. The van der Waals surface area contributed by atoms with Gasteiger partial charge in [-0.25, -0.2) is 4.39 Å². The normalized spacial score (nSPS) is 20.5. The van der Waals surface area contributed by atoms with Crippen molar-refractivity contribution in [2.45, 2.75) is 44.8 Å². The van der Waals surface area contributed by atoms with Crippen LogP contribution in [0.3, 0.4) is 0 Å². The van der Waals surface area contributed by atoms with Crippen molar-refractivity contribution in [3.8, 4) is 5.75 Å². The lowest BCUT2D eigenvalue weighted by atomic mass is 10.1. The fourth-order valence-corrected chi connectivity index (χ4v) is 2.34. The Hall–Kier alpha value is -1.13. The number of aliphatic hydroxyl groups is 1. The first-order valence-corrected chi connectivity index (χ1v) is 6.88. The first kappa shape index (κ1) is 14.3. The minimum Gasteiger partial charge on any atom is -0.493 e. The molecular formula is C15H21FO3. The van der Waals surface area contributed by atoms with Crippen LogP contribution in [0.5, 0.6) is 5.75 Å². The van der Waals surface area contributed by atoms with Gasteiger partial charge in [0.15, 0.2) is 0 Å². The van der Waals surface area contributed by atoms with Crippen molar-refractivity contribution in [2.75, 3.05) is 13.2 Å². The van der Waals surface area contributed by atoms with Crippen LogP contribution in [0.2, 0.25) is 0 Å². The van der Waals surface area contributed by atoms with Gasteiger partial charge in [0.25, 0.3) is 0 Å². The first-order valence-electron chi connectivity index (χ1n) is 6.88. The molecule has 0 bridgehead atoms. The maximum absolute atomic E-state index is 13.2. The van der Waals surface area contributed by atoms with Gasteiger partial charge in [0.2, 0.25) is 0 Å². The Morgan fingerprint density at radius 1 is 1.53 bits per heavy atom. The van der Waals surface area contributed by atoms with Crippen molar-refractivity contribution in [1.29, 1.82) is 0 Å². The number of hydrogen-bond donors (Lipinski definition) is 1. The fraction of sp³-hybridized carbons (Fsp3) is 0.600. The van der Waals surface area contributed by atoms with Crippen LogP contribution >= 0.6 is 0 Å². The molecule has 1 aromatic rings. The molecule has 0 aromatic heterocycles. The Labute approximate surface area is 113 Å². The van der Waals surface area contributed by atoms with Gasteiger partial charge >= 0.3 is 0 Å². The van der Waals surface area contributed by atoms with Gasteiger partial charge in [-0.2, -0.15) is 0 Å². The highest BCUT2D eigenvalue weighted by molar-refractivity contribution is 5.35. The smallest absolute Gasteiger partial charge is 0.127 e. The molecular weight excluding hydrogens is 247 g/mol. The third kappa shape index (κ3) is 4.18. The number of benzene rings is 1. The second kappa shape index (κ2) is 6.87. The van der Waals surface area contributed by atoms with Crippen LogP contribution in [0.15, 0.2) is 18.2 Å². The zero-order valence-corrected chi connectivity index (χ0v) is 11.3. The largest absolute Gasteiger partial charge is 0.493 e. The van der Waals surface area contributed by atoms with Gasteiger partial charge in [0.1, 0.15) is 11.6 Å². The van der Waals surface area contributed by atoms with E-state index in [0.29, 0.717) is 24.0 Å². The lowest BCUT2D eigenvalue weighted by Gasteiger charge is -2.14. The van der Waals surface area contributed by atoms with E-state index < -0.39 is 6.10 Å². The maximum atomic E-state index is 13.2. The Morgan fingerprint density at radius 2 is 2.37 bits per heavy atom. The molecule has 1 aliphatic rings. The van der Waals surface area contributed by atoms with E-state index in [1.54, 1.807) is 13.0 Å². The number of ether oxygens (including phenoxy) is 2. The van der Waals surface area contributed by atoms with E-state index in [9.17, 15) is 9.50 Å². The average Bonchev–Trinajstić information content (AvgIpc) is 2.87. The highest BCUT2D eigenvalue weighted by atomic mass is 19.1. The summed E-state index contributed by atoms with van der Waals surface area (Å²) in [6.45, 7) is 3.02. The highest BCUT2D eigenvalue weighted by Gasteiger charge is 2.15. The van der Waals surface area contributed by atoms with Crippen LogP contribution in [0.4, 0.5) is 4.39 Å². The molecule has 0 spiro atoms. The molecule has 1 aromatic carbocycles. The molecule has 0 amide bonds. The molecule has 1 fully saturated rings. The predicted molar refractivity (Wildman–Crippen MR) is 70.7 cm³/mol. The van der Waals surface area contributed by atoms with E-state index in [1.807, 2.05) is 0 Å². The highest BCUT2D eigenvalue weighted by Crippen LogP contribution is 2.26. The van der Waals surface area contributed by atoms with E-state index in [4.69, 9.17) is 9.47 Å². The quantitative estimate of drug-likeness (QED) is 0.805. The molecule has 3 nitrogen and oxygen atoms in total. The van der Waals surface area contributed by atoms with E-state index in [0.717, 1.165) is 32.3 Å². The molecule has 2 unspecified atom stereocenters. The average molecular weight is 268 g/mol. The topological polar surface area (TPSA) is 38.7 Å². The second-order valence-electron chi connectivity index (χ2n) is 4.98. The van der Waals surface area contributed by atoms with Crippen LogP contribution in [0.1, 0.15) is 44.3 Å². The van der Waals surface area contributed by atoms with E-state index in [-0.39, 0.29) is 5.82 Å². The number of aliphatic hydroxyl groups excluding tert-OH is 1. The van der Waals surface area contributed by atoms with Crippen LogP contribution in [0.25, 0.3) is 0 Å². The molecule has 1 N–H and O–H groups in total. The summed E-state index contributed by atoms with van der Waals surface area (Å²) >= 11 is 0. The molecule has 1 heterocycles. The molecule has 0 saturated carbocycles. The molecule has 1 aliphatic heterocycles. The van der Waals surface area contributed by atoms with Crippen molar-refractivity contribution >= 4 is 0 Å². The van der Waals surface area contributed by atoms with Crippen LogP contribution in [-0.4, -0.2) is 24.4 Å². The van der Waals surface area contributed by atoms with Crippen molar-refractivity contribution in [3.05, 3.63) is 29.6 Å². The monoisotopic (exact) mass is 268 g/mol. The van der Waals surface area contributed by atoms with Gasteiger partial charge < -0.3 is 14.6 Å². The Balaban J connectivity index is 1.82. The Kier molecular flexibility index (Phi) is 5.16. The summed E-state index contributed by atoms with van der Waals surface area (Å²) in [6, 6.07) is 4.23. The van der Waals surface area contributed by atoms with Crippen molar-refractivity contribution < 1.29 is 19.0 Å². The zero-order valence-electron chi connectivity index (χ0n) is 11.3. The van der Waals surface area contributed by atoms with Gasteiger partial charge in [-0.05, 0) is 44.7 Å². The summed E-state index contributed by atoms with van der Waals surface area (Å²) in [5, 5.41) is 9.60. The van der Waals surface area contributed by atoms with Crippen LogP contribution in [0, 0.1) is 5.82 Å². The summed E-state index contributed by atoms with van der Waals surface area (Å²) in [7, 11) is 0. The van der Waals surface area contributed by atoms with Gasteiger partial charge in [-0.15, -0.1) is 0 Å². The standard InChI is InChI=1S/C15H21FO3/c1-11(17)14-7-6-12(16)10-15(14)19-9-3-5-13-4-2-8-18-13/h6-7,10-11,13,17H,2-5,8-9H2,1H3. The Morgan fingerprint density at radius 3 is 3.05 bits per heavy atom. The van der Waals surface area contributed by atoms with Crippen molar-refractivity contribution in [1.82, 2.24) is 0 Å². The lowest BCUT2D eigenvalue weighted by Crippen LogP contribution is -2.08. The molecule has 0 radical (unpaired) electrons. The summed E-state index contributed by atoms with van der Waals surface area (Å²) in [5.74, 6) is 0.0841. The van der Waals surface area contributed by atoms with Crippen molar-refractivity contribution in [2.24, 2.45) is 0 Å². The van der Waals surface area contributed by atoms with Gasteiger partial charge in [-0.1, -0.05) is 0 Å². The fourth-order valence-electron chi connectivity index (χ4n) is 2.34. The maximum Gasteiger partial charge on any atom is 0.127 e. The van der Waals surface area contributed by atoms with Gasteiger partial charge in [0.05, 0.1) is 18.8 Å². The van der Waals surface area contributed by atoms with Gasteiger partial charge in [-0.3, -0.25) is 0 Å². The number of halogens is 1. The first-order chi connectivity index (χ1) is 9.16. The van der Waals surface area contributed by atoms with E-state index in [2.05, 4.69) is 0 Å². The summed E-state index contributed by atoms with van der Waals surface area (Å²) in [4.78, 5) is 0. The second-order valence-corrected chi connectivity index (χ2v) is 4.98.